The molecule has 0 aliphatic carbocycles. The van der Waals surface area contributed by atoms with Crippen LogP contribution in [0.25, 0.3) is 0 Å². The molecule has 3 rings (SSSR count). The van der Waals surface area contributed by atoms with Gasteiger partial charge in [0.05, 0.1) is 12.7 Å². The number of anilines is 1. The third-order valence-electron chi connectivity index (χ3n) is 4.06. The van der Waals surface area contributed by atoms with Crippen molar-refractivity contribution in [2.75, 3.05) is 11.8 Å². The van der Waals surface area contributed by atoms with Crippen molar-refractivity contribution in [3.63, 3.8) is 0 Å². The number of nitrogens with one attached hydrogen (secondary N) is 2. The first-order chi connectivity index (χ1) is 13.3. The minimum atomic E-state index is -4.11. The lowest BCUT2D eigenvalue weighted by Gasteiger charge is -2.20. The Balaban J connectivity index is 2.05. The minimum absolute atomic E-state index is 0.0694. The van der Waals surface area contributed by atoms with Crippen LogP contribution in [0, 0.1) is 5.21 Å². The number of carbonyl (C=O) groups is 1. The highest BCUT2D eigenvalue weighted by Gasteiger charge is 2.24. The average molecular weight is 417 g/mol. The topological polar surface area (TPSA) is 90.7 Å². The zero-order chi connectivity index (χ0) is 20.3. The molecule has 6 nitrogen and oxygen atoms in total. The molecule has 0 amide bonds. The van der Waals surface area contributed by atoms with Gasteiger partial charge in [-0.1, -0.05) is 54.1 Å². The SMILES string of the molecule is C[NH+]([O-])c1ccccc1S(=O)(=O)Nc1ccc(Cl)cc1C(=O)c1ccccc1. The number of halogens is 1. The normalized spacial score (nSPS) is 12.4. The number of hydroxylamine groups is 1. The highest BCUT2D eigenvalue weighted by Crippen LogP contribution is 2.27. The van der Waals surface area contributed by atoms with E-state index in [1.807, 2.05) is 0 Å². The first-order valence-electron chi connectivity index (χ1n) is 8.31. The lowest BCUT2D eigenvalue weighted by atomic mass is 10.0. The number of sulfonamides is 1. The van der Waals surface area contributed by atoms with E-state index < -0.39 is 10.0 Å². The molecular weight excluding hydrogens is 400 g/mol. The summed E-state index contributed by atoms with van der Waals surface area (Å²) in [6, 6.07) is 18.7. The molecular formula is C20H17ClN2O4S. The maximum atomic E-state index is 12.9. The number of para-hydroxylation sites is 1. The first kappa shape index (κ1) is 20.0. The maximum absolute atomic E-state index is 12.9. The van der Waals surface area contributed by atoms with Crippen molar-refractivity contribution < 1.29 is 18.3 Å². The van der Waals surface area contributed by atoms with Crippen LogP contribution in [0.4, 0.5) is 11.4 Å². The molecule has 8 heteroatoms. The van der Waals surface area contributed by atoms with Gasteiger partial charge < -0.3 is 10.3 Å². The zero-order valence-corrected chi connectivity index (χ0v) is 16.4. The van der Waals surface area contributed by atoms with Gasteiger partial charge in [0.2, 0.25) is 0 Å². The summed E-state index contributed by atoms with van der Waals surface area (Å²) in [6.45, 7) is 0. The number of benzene rings is 3. The third kappa shape index (κ3) is 4.23. The number of hydrogen-bond acceptors (Lipinski definition) is 4. The quantitative estimate of drug-likeness (QED) is 0.477. The summed E-state index contributed by atoms with van der Waals surface area (Å²) in [4.78, 5) is 12.7. The highest BCUT2D eigenvalue weighted by atomic mass is 35.5. The summed E-state index contributed by atoms with van der Waals surface area (Å²) in [6.07, 6.45) is 0. The molecule has 3 aromatic carbocycles. The molecule has 0 bridgehead atoms. The van der Waals surface area contributed by atoms with Gasteiger partial charge in [-0.05, 0) is 24.3 Å². The van der Waals surface area contributed by atoms with Gasteiger partial charge in [0.1, 0.15) is 4.90 Å². The molecule has 3 aromatic rings. The molecule has 2 N–H and O–H groups in total. The Morgan fingerprint density at radius 1 is 1.00 bits per heavy atom. The van der Waals surface area contributed by atoms with E-state index in [9.17, 15) is 18.4 Å². The molecule has 0 heterocycles. The standard InChI is InChI=1S/C20H17ClN2O4S/c1-23(25)18-9-5-6-10-19(18)28(26,27)22-17-12-11-15(21)13-16(17)20(24)14-7-3-2-4-8-14/h2-13,22-23H,1H3. The number of quaternary nitrogens is 1. The summed E-state index contributed by atoms with van der Waals surface area (Å²) in [7, 11) is -2.81. The summed E-state index contributed by atoms with van der Waals surface area (Å²) in [5.41, 5.74) is 0.661. The van der Waals surface area contributed by atoms with Crippen LogP contribution in [0.3, 0.4) is 0 Å². The third-order valence-corrected chi connectivity index (χ3v) is 5.72. The molecule has 0 aliphatic heterocycles. The predicted octanol–water partition coefficient (Wildman–Crippen LogP) is 3.02. The fraction of sp³-hybridized carbons (Fsp3) is 0.0500. The molecule has 28 heavy (non-hydrogen) atoms. The molecule has 0 aliphatic rings. The van der Waals surface area contributed by atoms with Gasteiger partial charge in [0.15, 0.2) is 11.5 Å². The second-order valence-electron chi connectivity index (χ2n) is 6.04. The summed E-state index contributed by atoms with van der Waals surface area (Å²) >= 11 is 6.03. The van der Waals surface area contributed by atoms with Crippen molar-refractivity contribution in [3.05, 3.63) is 94.2 Å². The molecule has 1 unspecified atom stereocenters. The van der Waals surface area contributed by atoms with Crippen LogP contribution in [-0.4, -0.2) is 21.2 Å². The van der Waals surface area contributed by atoms with Crippen LogP contribution in [0.5, 0.6) is 0 Å². The Morgan fingerprint density at radius 2 is 1.64 bits per heavy atom. The maximum Gasteiger partial charge on any atom is 0.267 e. The van der Waals surface area contributed by atoms with Gasteiger partial charge in [-0.25, -0.2) is 8.42 Å². The van der Waals surface area contributed by atoms with Crippen LogP contribution in [-0.2, 0) is 10.0 Å². The molecule has 0 fully saturated rings. The largest absolute Gasteiger partial charge is 0.629 e. The van der Waals surface area contributed by atoms with Gasteiger partial charge in [-0.3, -0.25) is 9.52 Å². The highest BCUT2D eigenvalue weighted by molar-refractivity contribution is 7.92. The van der Waals surface area contributed by atoms with Crippen LogP contribution in [0.15, 0.2) is 77.7 Å². The van der Waals surface area contributed by atoms with Gasteiger partial charge in [-0.2, -0.15) is 0 Å². The van der Waals surface area contributed by atoms with Crippen LogP contribution < -0.4 is 9.79 Å². The Morgan fingerprint density at radius 3 is 2.32 bits per heavy atom. The zero-order valence-electron chi connectivity index (χ0n) is 14.8. The van der Waals surface area contributed by atoms with Crippen molar-refractivity contribution in [3.8, 4) is 0 Å². The molecule has 144 valence electrons. The van der Waals surface area contributed by atoms with Crippen LogP contribution >= 0.6 is 11.6 Å². The minimum Gasteiger partial charge on any atom is -0.629 e. The smallest absolute Gasteiger partial charge is 0.267 e. The molecule has 0 aromatic heterocycles. The molecule has 0 saturated heterocycles. The van der Waals surface area contributed by atoms with Crippen molar-refractivity contribution in [2.45, 2.75) is 4.90 Å². The van der Waals surface area contributed by atoms with Crippen LogP contribution in [0.2, 0.25) is 5.02 Å². The van der Waals surface area contributed by atoms with Crippen LogP contribution in [0.1, 0.15) is 15.9 Å². The Hall–Kier alpha value is -2.71. The molecule has 0 saturated carbocycles. The average Bonchev–Trinajstić information content (AvgIpc) is 2.69. The number of carbonyl (C=O) groups excluding carboxylic acids is 1. The molecule has 0 spiro atoms. The summed E-state index contributed by atoms with van der Waals surface area (Å²) in [5, 5.41) is 11.7. The van der Waals surface area contributed by atoms with Gasteiger partial charge in [0.25, 0.3) is 10.0 Å². The van der Waals surface area contributed by atoms with Gasteiger partial charge in [-0.15, -0.1) is 0 Å². The van der Waals surface area contributed by atoms with E-state index in [1.165, 1.54) is 43.4 Å². The lowest BCUT2D eigenvalue weighted by molar-refractivity contribution is -0.753. The number of ketones is 1. The monoisotopic (exact) mass is 416 g/mol. The summed E-state index contributed by atoms with van der Waals surface area (Å²) in [5.74, 6) is -0.374. The second-order valence-corrected chi connectivity index (χ2v) is 8.13. The summed E-state index contributed by atoms with van der Waals surface area (Å²) < 4.78 is 28.2. The van der Waals surface area contributed by atoms with E-state index in [-0.39, 0.29) is 32.7 Å². The van der Waals surface area contributed by atoms with E-state index in [4.69, 9.17) is 11.6 Å². The van der Waals surface area contributed by atoms with Crippen molar-refractivity contribution in [1.82, 2.24) is 0 Å². The Labute approximate surface area is 168 Å². The fourth-order valence-corrected chi connectivity index (χ4v) is 4.24. The van der Waals surface area contributed by atoms with Gasteiger partial charge in [0, 0.05) is 22.2 Å². The van der Waals surface area contributed by atoms with E-state index in [2.05, 4.69) is 4.72 Å². The van der Waals surface area contributed by atoms with E-state index in [0.717, 1.165) is 0 Å². The van der Waals surface area contributed by atoms with Crippen molar-refractivity contribution in [2.24, 2.45) is 0 Å². The molecule has 1 atom stereocenters. The number of hydrogen-bond donors (Lipinski definition) is 2. The second kappa shape index (κ2) is 8.12. The number of rotatable bonds is 6. The fourth-order valence-electron chi connectivity index (χ4n) is 2.73. The first-order valence-corrected chi connectivity index (χ1v) is 10.2. The lowest BCUT2D eigenvalue weighted by Crippen LogP contribution is -2.98. The van der Waals surface area contributed by atoms with E-state index >= 15 is 0 Å². The predicted molar refractivity (Wildman–Crippen MR) is 108 cm³/mol. The Kier molecular flexibility index (Phi) is 5.81. The van der Waals surface area contributed by atoms with E-state index in [0.29, 0.717) is 10.6 Å². The van der Waals surface area contributed by atoms with Crippen molar-refractivity contribution >= 4 is 38.8 Å². The van der Waals surface area contributed by atoms with E-state index in [1.54, 1.807) is 36.4 Å². The van der Waals surface area contributed by atoms with Gasteiger partial charge >= 0.3 is 0 Å². The Bertz CT molecular complexity index is 1120. The van der Waals surface area contributed by atoms with Crippen molar-refractivity contribution in [1.29, 1.82) is 0 Å². The molecule has 0 radical (unpaired) electrons.